The minimum atomic E-state index is 0.291. The highest BCUT2D eigenvalue weighted by molar-refractivity contribution is 5.02. The van der Waals surface area contributed by atoms with Crippen LogP contribution in [0.2, 0.25) is 0 Å². The van der Waals surface area contributed by atoms with E-state index in [1.165, 1.54) is 6.42 Å². The summed E-state index contributed by atoms with van der Waals surface area (Å²) < 4.78 is 5.74. The van der Waals surface area contributed by atoms with Crippen molar-refractivity contribution < 1.29 is 4.74 Å². The average Bonchev–Trinajstić information content (AvgIpc) is 2.32. The van der Waals surface area contributed by atoms with Crippen molar-refractivity contribution in [2.45, 2.75) is 53.2 Å². The molecule has 0 heterocycles. The molecule has 1 fully saturated rings. The summed E-state index contributed by atoms with van der Waals surface area (Å²) in [5.74, 6) is 0. The number of rotatable bonds is 8. The van der Waals surface area contributed by atoms with Gasteiger partial charge in [-0.3, -0.25) is 0 Å². The Hall–Kier alpha value is -0.120. The third-order valence-electron chi connectivity index (χ3n) is 4.26. The molecule has 0 aromatic rings. The van der Waals surface area contributed by atoms with Crippen LogP contribution in [0.1, 0.15) is 41.0 Å². The quantitative estimate of drug-likeness (QED) is 0.705. The maximum Gasteiger partial charge on any atom is 0.0655 e. The summed E-state index contributed by atoms with van der Waals surface area (Å²) in [5.41, 5.74) is 0.291. The Balaban J connectivity index is 2.21. The predicted molar refractivity (Wildman–Crippen MR) is 73.4 cm³/mol. The number of likely N-dealkylation sites (N-methyl/N-ethyl adjacent to an activating group) is 1. The number of ether oxygens (including phenoxy) is 1. The minimum Gasteiger partial charge on any atom is -0.378 e. The van der Waals surface area contributed by atoms with Crippen LogP contribution in [-0.4, -0.2) is 49.8 Å². The van der Waals surface area contributed by atoms with E-state index >= 15 is 0 Å². The van der Waals surface area contributed by atoms with Crippen molar-refractivity contribution >= 4 is 0 Å². The van der Waals surface area contributed by atoms with Gasteiger partial charge in [0.15, 0.2) is 0 Å². The molecule has 0 spiro atoms. The first-order valence-electron chi connectivity index (χ1n) is 7.13. The maximum absolute atomic E-state index is 5.74. The first-order valence-corrected chi connectivity index (χ1v) is 7.13. The third-order valence-corrected chi connectivity index (χ3v) is 4.26. The number of nitrogens with one attached hydrogen (secondary N) is 1. The van der Waals surface area contributed by atoms with Crippen LogP contribution in [0.25, 0.3) is 0 Å². The molecule has 102 valence electrons. The van der Waals surface area contributed by atoms with E-state index in [9.17, 15) is 0 Å². The topological polar surface area (TPSA) is 24.5 Å². The molecule has 3 heteroatoms. The molecule has 1 aliphatic rings. The second-order valence-corrected chi connectivity index (χ2v) is 5.53. The van der Waals surface area contributed by atoms with Crippen LogP contribution in [-0.2, 0) is 4.74 Å². The maximum atomic E-state index is 5.74. The van der Waals surface area contributed by atoms with E-state index in [2.05, 4.69) is 44.8 Å². The van der Waals surface area contributed by atoms with E-state index in [0.29, 0.717) is 17.6 Å². The summed E-state index contributed by atoms with van der Waals surface area (Å²) in [6, 6.07) is 0.620. The molecule has 1 rings (SSSR count). The van der Waals surface area contributed by atoms with Gasteiger partial charge in [0.2, 0.25) is 0 Å². The number of hydrogen-bond acceptors (Lipinski definition) is 3. The summed E-state index contributed by atoms with van der Waals surface area (Å²) in [7, 11) is 0. The first-order chi connectivity index (χ1) is 8.06. The smallest absolute Gasteiger partial charge is 0.0655 e. The van der Waals surface area contributed by atoms with Crippen LogP contribution < -0.4 is 5.32 Å². The van der Waals surface area contributed by atoms with Crippen LogP contribution in [0.15, 0.2) is 0 Å². The van der Waals surface area contributed by atoms with Crippen LogP contribution in [0.3, 0.4) is 0 Å². The van der Waals surface area contributed by atoms with Crippen molar-refractivity contribution in [3.05, 3.63) is 0 Å². The zero-order valence-electron chi connectivity index (χ0n) is 12.3. The third kappa shape index (κ3) is 3.67. The molecular weight excluding hydrogens is 212 g/mol. The van der Waals surface area contributed by atoms with Gasteiger partial charge in [-0.2, -0.15) is 0 Å². The molecule has 0 aromatic carbocycles. The average molecular weight is 242 g/mol. The first kappa shape index (κ1) is 14.9. The van der Waals surface area contributed by atoms with Crippen LogP contribution in [0, 0.1) is 5.41 Å². The largest absolute Gasteiger partial charge is 0.378 e. The van der Waals surface area contributed by atoms with Crippen molar-refractivity contribution in [3.8, 4) is 0 Å². The lowest BCUT2D eigenvalue weighted by Gasteiger charge is -2.52. The van der Waals surface area contributed by atoms with E-state index in [0.717, 1.165) is 32.8 Å². The molecule has 0 aliphatic heterocycles. The van der Waals surface area contributed by atoms with Gasteiger partial charge in [0.1, 0.15) is 0 Å². The fourth-order valence-corrected chi connectivity index (χ4v) is 2.65. The molecule has 0 bridgehead atoms. The Labute approximate surface area is 107 Å². The van der Waals surface area contributed by atoms with Gasteiger partial charge < -0.3 is 15.0 Å². The molecule has 0 radical (unpaired) electrons. The van der Waals surface area contributed by atoms with E-state index in [-0.39, 0.29) is 0 Å². The van der Waals surface area contributed by atoms with Crippen molar-refractivity contribution in [2.75, 3.05) is 32.8 Å². The highest BCUT2D eigenvalue weighted by atomic mass is 16.5. The standard InChI is InChI=1S/C14H30N2O/c1-6-16(7-2)10-9-15-12-11-13(17-8-3)14(12,4)5/h12-13,15H,6-11H2,1-5H3. The number of hydrogen-bond donors (Lipinski definition) is 1. The molecule has 17 heavy (non-hydrogen) atoms. The summed E-state index contributed by atoms with van der Waals surface area (Å²) in [6.07, 6.45) is 1.61. The summed E-state index contributed by atoms with van der Waals surface area (Å²) >= 11 is 0. The lowest BCUT2D eigenvalue weighted by molar-refractivity contribution is -0.114. The molecule has 0 aromatic heterocycles. The Morgan fingerprint density at radius 2 is 1.88 bits per heavy atom. The van der Waals surface area contributed by atoms with E-state index in [1.807, 2.05) is 0 Å². The van der Waals surface area contributed by atoms with Gasteiger partial charge in [-0.15, -0.1) is 0 Å². The lowest BCUT2D eigenvalue weighted by Crippen LogP contribution is -2.61. The Morgan fingerprint density at radius 3 is 2.35 bits per heavy atom. The highest BCUT2D eigenvalue weighted by Gasteiger charge is 2.48. The van der Waals surface area contributed by atoms with E-state index in [1.54, 1.807) is 0 Å². The summed E-state index contributed by atoms with van der Waals surface area (Å²) in [4.78, 5) is 2.46. The van der Waals surface area contributed by atoms with Crippen LogP contribution in [0.4, 0.5) is 0 Å². The molecule has 1 saturated carbocycles. The van der Waals surface area contributed by atoms with Gasteiger partial charge in [-0.1, -0.05) is 27.7 Å². The highest BCUT2D eigenvalue weighted by Crippen LogP contribution is 2.42. The van der Waals surface area contributed by atoms with Crippen LogP contribution in [0.5, 0.6) is 0 Å². The summed E-state index contributed by atoms with van der Waals surface area (Å²) in [5, 5.41) is 3.68. The molecule has 0 amide bonds. The van der Waals surface area contributed by atoms with Gasteiger partial charge in [0.05, 0.1) is 6.10 Å². The molecule has 2 unspecified atom stereocenters. The Kier molecular flexibility index (Phi) is 5.90. The van der Waals surface area contributed by atoms with Gasteiger partial charge >= 0.3 is 0 Å². The second-order valence-electron chi connectivity index (χ2n) is 5.53. The van der Waals surface area contributed by atoms with Gasteiger partial charge in [0.25, 0.3) is 0 Å². The lowest BCUT2D eigenvalue weighted by atomic mass is 9.64. The van der Waals surface area contributed by atoms with Crippen molar-refractivity contribution in [1.82, 2.24) is 10.2 Å². The van der Waals surface area contributed by atoms with E-state index < -0.39 is 0 Å². The monoisotopic (exact) mass is 242 g/mol. The molecular formula is C14H30N2O. The van der Waals surface area contributed by atoms with Crippen molar-refractivity contribution in [1.29, 1.82) is 0 Å². The predicted octanol–water partition coefficient (Wildman–Crippen LogP) is 2.12. The van der Waals surface area contributed by atoms with Crippen LogP contribution >= 0.6 is 0 Å². The normalized spacial score (nSPS) is 27.2. The zero-order chi connectivity index (χ0) is 12.9. The second kappa shape index (κ2) is 6.72. The fourth-order valence-electron chi connectivity index (χ4n) is 2.65. The SMILES string of the molecule is CCOC1CC(NCCN(CC)CC)C1(C)C. The Morgan fingerprint density at radius 1 is 1.24 bits per heavy atom. The molecule has 1 aliphatic carbocycles. The molecule has 1 N–H and O–H groups in total. The minimum absolute atomic E-state index is 0.291. The summed E-state index contributed by atoms with van der Waals surface area (Å²) in [6.45, 7) is 16.5. The zero-order valence-corrected chi connectivity index (χ0v) is 12.3. The van der Waals surface area contributed by atoms with Crippen molar-refractivity contribution in [3.63, 3.8) is 0 Å². The van der Waals surface area contributed by atoms with Gasteiger partial charge in [-0.05, 0) is 26.4 Å². The molecule has 0 saturated heterocycles. The van der Waals surface area contributed by atoms with E-state index in [4.69, 9.17) is 4.74 Å². The van der Waals surface area contributed by atoms with Crippen molar-refractivity contribution in [2.24, 2.45) is 5.41 Å². The van der Waals surface area contributed by atoms with Gasteiger partial charge in [0, 0.05) is 31.2 Å². The molecule has 2 atom stereocenters. The Bertz CT molecular complexity index is 214. The fraction of sp³-hybridized carbons (Fsp3) is 1.00. The van der Waals surface area contributed by atoms with Gasteiger partial charge in [-0.25, -0.2) is 0 Å². The number of nitrogens with zero attached hydrogens (tertiary/aromatic N) is 1. The molecule has 3 nitrogen and oxygen atoms in total.